The van der Waals surface area contributed by atoms with E-state index in [2.05, 4.69) is 10.3 Å². The lowest BCUT2D eigenvalue weighted by molar-refractivity contribution is 0.111. The Hall–Kier alpha value is -2.17. The summed E-state index contributed by atoms with van der Waals surface area (Å²) in [4.78, 5) is 11.1. The molecule has 1 heterocycles. The molecule has 0 bridgehead atoms. The van der Waals surface area contributed by atoms with Crippen molar-refractivity contribution in [3.63, 3.8) is 0 Å². The molecule has 1 fully saturated rings. The SMILES string of the molecule is Cc1cccc(OCCCn2nnc(C=O)c2C2CCC2)c1. The molecule has 0 spiro atoms. The number of carbonyl (C=O) groups excluding carboxylic acids is 1. The van der Waals surface area contributed by atoms with E-state index in [0.29, 0.717) is 18.2 Å². The molecule has 0 amide bonds. The Labute approximate surface area is 130 Å². The fourth-order valence-corrected chi connectivity index (χ4v) is 2.79. The van der Waals surface area contributed by atoms with E-state index in [0.717, 1.165) is 43.5 Å². The van der Waals surface area contributed by atoms with Gasteiger partial charge in [-0.15, -0.1) is 5.10 Å². The summed E-state index contributed by atoms with van der Waals surface area (Å²) < 4.78 is 7.63. The van der Waals surface area contributed by atoms with E-state index in [-0.39, 0.29) is 0 Å². The molecule has 1 aliphatic rings. The lowest BCUT2D eigenvalue weighted by Crippen LogP contribution is -2.17. The molecule has 0 N–H and O–H groups in total. The van der Waals surface area contributed by atoms with Crippen LogP contribution < -0.4 is 4.74 Å². The largest absolute Gasteiger partial charge is 0.494 e. The van der Waals surface area contributed by atoms with Gasteiger partial charge in [0.1, 0.15) is 11.4 Å². The summed E-state index contributed by atoms with van der Waals surface area (Å²) in [6.45, 7) is 3.41. The van der Waals surface area contributed by atoms with Crippen molar-refractivity contribution in [3.05, 3.63) is 41.2 Å². The van der Waals surface area contributed by atoms with Crippen molar-refractivity contribution in [2.75, 3.05) is 6.61 Å². The Morgan fingerprint density at radius 3 is 2.95 bits per heavy atom. The van der Waals surface area contributed by atoms with E-state index in [1.165, 1.54) is 12.0 Å². The normalized spacial score (nSPS) is 14.6. The van der Waals surface area contributed by atoms with Gasteiger partial charge in [0.15, 0.2) is 6.29 Å². The van der Waals surface area contributed by atoms with Gasteiger partial charge in [-0.3, -0.25) is 4.79 Å². The number of hydrogen-bond acceptors (Lipinski definition) is 4. The number of aromatic nitrogens is 3. The molecule has 116 valence electrons. The zero-order valence-electron chi connectivity index (χ0n) is 12.9. The lowest BCUT2D eigenvalue weighted by Gasteiger charge is -2.26. The highest BCUT2D eigenvalue weighted by molar-refractivity contribution is 5.73. The first-order chi connectivity index (χ1) is 10.8. The zero-order chi connectivity index (χ0) is 15.4. The van der Waals surface area contributed by atoms with Crippen LogP contribution in [0.3, 0.4) is 0 Å². The average molecular weight is 299 g/mol. The maximum Gasteiger partial charge on any atom is 0.172 e. The van der Waals surface area contributed by atoms with E-state index in [4.69, 9.17) is 4.74 Å². The Kier molecular flexibility index (Phi) is 4.51. The quantitative estimate of drug-likeness (QED) is 0.582. The molecular weight excluding hydrogens is 278 g/mol. The second kappa shape index (κ2) is 6.73. The van der Waals surface area contributed by atoms with E-state index < -0.39 is 0 Å². The molecule has 0 atom stereocenters. The fourth-order valence-electron chi connectivity index (χ4n) is 2.79. The Morgan fingerprint density at radius 1 is 1.41 bits per heavy atom. The molecule has 5 nitrogen and oxygen atoms in total. The van der Waals surface area contributed by atoms with E-state index in [1.807, 2.05) is 35.9 Å². The third-order valence-electron chi connectivity index (χ3n) is 4.18. The van der Waals surface area contributed by atoms with Gasteiger partial charge in [0.05, 0.1) is 12.3 Å². The summed E-state index contributed by atoms with van der Waals surface area (Å²) in [6, 6.07) is 8.04. The Balaban J connectivity index is 1.55. The van der Waals surface area contributed by atoms with Crippen LogP contribution >= 0.6 is 0 Å². The number of hydrogen-bond donors (Lipinski definition) is 0. The lowest BCUT2D eigenvalue weighted by atomic mass is 9.82. The minimum atomic E-state index is 0.452. The van der Waals surface area contributed by atoms with Crippen molar-refractivity contribution in [3.8, 4) is 5.75 Å². The maximum absolute atomic E-state index is 11.1. The van der Waals surface area contributed by atoms with Crippen LogP contribution in [0.1, 0.15) is 53.3 Å². The molecule has 0 unspecified atom stereocenters. The number of nitrogens with zero attached hydrogens (tertiary/aromatic N) is 3. The van der Waals surface area contributed by atoms with Crippen LogP contribution in [0.5, 0.6) is 5.75 Å². The van der Waals surface area contributed by atoms with Gasteiger partial charge < -0.3 is 4.74 Å². The molecule has 0 radical (unpaired) electrons. The highest BCUT2D eigenvalue weighted by atomic mass is 16.5. The van der Waals surface area contributed by atoms with Gasteiger partial charge in [0.2, 0.25) is 0 Å². The summed E-state index contributed by atoms with van der Waals surface area (Å²) in [6.07, 6.45) is 5.16. The van der Waals surface area contributed by atoms with Gasteiger partial charge in [-0.1, -0.05) is 23.8 Å². The molecule has 5 heteroatoms. The van der Waals surface area contributed by atoms with Crippen molar-refractivity contribution >= 4 is 6.29 Å². The Bertz CT molecular complexity index is 647. The van der Waals surface area contributed by atoms with Crippen LogP contribution in [0.4, 0.5) is 0 Å². The van der Waals surface area contributed by atoms with Crippen LogP contribution in [0.15, 0.2) is 24.3 Å². The van der Waals surface area contributed by atoms with Crippen LogP contribution in [0, 0.1) is 6.92 Å². The van der Waals surface area contributed by atoms with Gasteiger partial charge in [-0.2, -0.15) is 0 Å². The molecule has 0 saturated heterocycles. The number of aldehydes is 1. The highest BCUT2D eigenvalue weighted by Gasteiger charge is 2.27. The maximum atomic E-state index is 11.1. The standard InChI is InChI=1S/C17H21N3O2/c1-13-5-2-8-15(11-13)22-10-4-9-20-17(14-6-3-7-14)16(12-21)18-19-20/h2,5,8,11-12,14H,3-4,6-7,9-10H2,1H3. The predicted octanol–water partition coefficient (Wildman–Crippen LogP) is 3.14. The van der Waals surface area contributed by atoms with Crippen LogP contribution in [-0.4, -0.2) is 27.9 Å². The Morgan fingerprint density at radius 2 is 2.27 bits per heavy atom. The van der Waals surface area contributed by atoms with Crippen molar-refractivity contribution in [2.45, 2.75) is 45.1 Å². The van der Waals surface area contributed by atoms with Crippen LogP contribution in [-0.2, 0) is 6.54 Å². The number of rotatable bonds is 7. The van der Waals surface area contributed by atoms with E-state index in [9.17, 15) is 4.79 Å². The number of aryl methyl sites for hydroxylation is 2. The highest BCUT2D eigenvalue weighted by Crippen LogP contribution is 2.37. The van der Waals surface area contributed by atoms with Crippen molar-refractivity contribution in [2.24, 2.45) is 0 Å². The molecule has 1 aromatic heterocycles. The first kappa shape index (κ1) is 14.8. The smallest absolute Gasteiger partial charge is 0.172 e. The fraction of sp³-hybridized carbons (Fsp3) is 0.471. The number of benzene rings is 1. The second-order valence-corrected chi connectivity index (χ2v) is 5.85. The summed E-state index contributed by atoms with van der Waals surface area (Å²) in [5.41, 5.74) is 2.71. The topological polar surface area (TPSA) is 57.0 Å². The van der Waals surface area contributed by atoms with Crippen molar-refractivity contribution < 1.29 is 9.53 Å². The van der Waals surface area contributed by atoms with Crippen molar-refractivity contribution in [1.82, 2.24) is 15.0 Å². The molecule has 1 aromatic carbocycles. The van der Waals surface area contributed by atoms with E-state index in [1.54, 1.807) is 0 Å². The zero-order valence-corrected chi connectivity index (χ0v) is 12.9. The first-order valence-corrected chi connectivity index (χ1v) is 7.86. The minimum Gasteiger partial charge on any atom is -0.494 e. The summed E-state index contributed by atoms with van der Waals surface area (Å²) in [7, 11) is 0. The van der Waals surface area contributed by atoms with Crippen LogP contribution in [0.2, 0.25) is 0 Å². The molecular formula is C17H21N3O2. The number of carbonyl (C=O) groups is 1. The molecule has 2 aromatic rings. The minimum absolute atomic E-state index is 0.452. The average Bonchev–Trinajstić information content (AvgIpc) is 2.85. The van der Waals surface area contributed by atoms with E-state index >= 15 is 0 Å². The summed E-state index contributed by atoms with van der Waals surface area (Å²) in [5, 5.41) is 8.12. The third kappa shape index (κ3) is 3.18. The van der Waals surface area contributed by atoms with Gasteiger partial charge in [-0.25, -0.2) is 4.68 Å². The molecule has 1 saturated carbocycles. The van der Waals surface area contributed by atoms with Gasteiger partial charge in [0.25, 0.3) is 0 Å². The predicted molar refractivity (Wildman–Crippen MR) is 83.3 cm³/mol. The molecule has 0 aliphatic heterocycles. The third-order valence-corrected chi connectivity index (χ3v) is 4.18. The van der Waals surface area contributed by atoms with Gasteiger partial charge >= 0.3 is 0 Å². The number of ether oxygens (including phenoxy) is 1. The van der Waals surface area contributed by atoms with Gasteiger partial charge in [0, 0.05) is 18.9 Å². The molecule has 1 aliphatic carbocycles. The first-order valence-electron chi connectivity index (χ1n) is 7.86. The monoisotopic (exact) mass is 299 g/mol. The van der Waals surface area contributed by atoms with Crippen LogP contribution in [0.25, 0.3) is 0 Å². The second-order valence-electron chi connectivity index (χ2n) is 5.85. The molecule has 3 rings (SSSR count). The summed E-state index contributed by atoms with van der Waals surface area (Å²) >= 11 is 0. The van der Waals surface area contributed by atoms with Gasteiger partial charge in [-0.05, 0) is 37.5 Å². The molecule has 22 heavy (non-hydrogen) atoms. The van der Waals surface area contributed by atoms with Crippen molar-refractivity contribution in [1.29, 1.82) is 0 Å². The summed E-state index contributed by atoms with van der Waals surface area (Å²) in [5.74, 6) is 1.35.